The third-order valence-corrected chi connectivity index (χ3v) is 3.73. The molecular weight excluding hydrogens is 343 g/mol. The minimum atomic E-state index is -4.81. The van der Waals surface area contributed by atoms with Gasteiger partial charge in [-0.25, -0.2) is 4.79 Å². The van der Waals surface area contributed by atoms with E-state index >= 15 is 0 Å². The van der Waals surface area contributed by atoms with Crippen LogP contribution in [0.5, 0.6) is 5.75 Å². The summed E-state index contributed by atoms with van der Waals surface area (Å²) in [4.78, 5) is 36.8. The lowest BCUT2D eigenvalue weighted by molar-refractivity contribution is -0.274. The zero-order chi connectivity index (χ0) is 18.8. The van der Waals surface area contributed by atoms with E-state index < -0.39 is 42.0 Å². The molecule has 1 aliphatic heterocycles. The van der Waals surface area contributed by atoms with Gasteiger partial charge in [-0.05, 0) is 37.6 Å². The molecule has 0 aromatic heterocycles. The Bertz CT molecular complexity index is 690. The van der Waals surface area contributed by atoms with Crippen molar-refractivity contribution in [2.45, 2.75) is 32.2 Å². The van der Waals surface area contributed by atoms with Crippen LogP contribution in [0.3, 0.4) is 0 Å². The van der Waals surface area contributed by atoms with Gasteiger partial charge in [-0.3, -0.25) is 14.5 Å². The number of nitrogens with one attached hydrogen (secondary N) is 2. The van der Waals surface area contributed by atoms with Gasteiger partial charge in [0.25, 0.3) is 5.91 Å². The number of carbonyl (C=O) groups excluding carboxylic acids is 3. The summed E-state index contributed by atoms with van der Waals surface area (Å²) in [5, 5.41) is 4.91. The first-order valence-electron chi connectivity index (χ1n) is 7.34. The number of ether oxygens (including phenoxy) is 1. The summed E-state index contributed by atoms with van der Waals surface area (Å²) in [6.45, 7) is 2.79. The maximum atomic E-state index is 12.2. The molecule has 0 radical (unpaired) electrons. The van der Waals surface area contributed by atoms with E-state index in [1.165, 1.54) is 12.1 Å². The summed E-state index contributed by atoms with van der Waals surface area (Å²) < 4.78 is 39.9. The van der Waals surface area contributed by atoms with E-state index in [9.17, 15) is 27.6 Å². The van der Waals surface area contributed by atoms with Crippen LogP contribution in [0.4, 0.5) is 23.7 Å². The van der Waals surface area contributed by atoms with E-state index in [1.54, 1.807) is 13.8 Å². The fourth-order valence-electron chi connectivity index (χ4n) is 2.21. The fourth-order valence-corrected chi connectivity index (χ4v) is 2.21. The Hall–Kier alpha value is -2.78. The van der Waals surface area contributed by atoms with Gasteiger partial charge in [0.2, 0.25) is 5.91 Å². The summed E-state index contributed by atoms with van der Waals surface area (Å²) >= 11 is 0. The molecule has 1 heterocycles. The lowest BCUT2D eigenvalue weighted by Gasteiger charge is -2.19. The van der Waals surface area contributed by atoms with Crippen LogP contribution in [0, 0.1) is 0 Å². The zero-order valence-electron chi connectivity index (χ0n) is 13.4. The second-order valence-electron chi connectivity index (χ2n) is 5.63. The summed E-state index contributed by atoms with van der Waals surface area (Å²) in [7, 11) is 0. The summed E-state index contributed by atoms with van der Waals surface area (Å²) in [5.41, 5.74) is -0.849. The second-order valence-corrected chi connectivity index (χ2v) is 5.63. The van der Waals surface area contributed by atoms with Gasteiger partial charge in [0.15, 0.2) is 0 Å². The molecule has 4 amide bonds. The van der Waals surface area contributed by atoms with Crippen molar-refractivity contribution in [3.05, 3.63) is 24.3 Å². The van der Waals surface area contributed by atoms with E-state index in [0.29, 0.717) is 6.42 Å². The number of hydrogen-bond acceptors (Lipinski definition) is 4. The first kappa shape index (κ1) is 18.6. The van der Waals surface area contributed by atoms with Crippen LogP contribution in [0.15, 0.2) is 24.3 Å². The van der Waals surface area contributed by atoms with E-state index in [-0.39, 0.29) is 5.69 Å². The molecular formula is C15H16F3N3O4. The predicted molar refractivity (Wildman–Crippen MR) is 80.7 cm³/mol. The van der Waals surface area contributed by atoms with E-state index in [1.807, 2.05) is 0 Å². The number of alkyl halides is 3. The van der Waals surface area contributed by atoms with Crippen molar-refractivity contribution < 1.29 is 32.3 Å². The molecule has 2 N–H and O–H groups in total. The third-order valence-electron chi connectivity index (χ3n) is 3.73. The first-order chi connectivity index (χ1) is 11.5. The summed E-state index contributed by atoms with van der Waals surface area (Å²) in [5.74, 6) is -1.60. The van der Waals surface area contributed by atoms with Crippen molar-refractivity contribution in [3.63, 3.8) is 0 Å². The normalized spacial score (nSPS) is 20.4. The topological polar surface area (TPSA) is 87.7 Å². The lowest BCUT2D eigenvalue weighted by Crippen LogP contribution is -2.44. The number of hydrogen-bond donors (Lipinski definition) is 2. The molecule has 0 unspecified atom stereocenters. The number of halogens is 3. The Morgan fingerprint density at radius 2 is 1.88 bits per heavy atom. The highest BCUT2D eigenvalue weighted by atomic mass is 19.4. The van der Waals surface area contributed by atoms with Crippen molar-refractivity contribution in [2.24, 2.45) is 0 Å². The number of anilines is 1. The average Bonchev–Trinajstić information content (AvgIpc) is 2.72. The summed E-state index contributed by atoms with van der Waals surface area (Å²) in [6.07, 6.45) is -4.43. The fraction of sp³-hybridized carbons (Fsp3) is 0.400. The quantitative estimate of drug-likeness (QED) is 0.790. The van der Waals surface area contributed by atoms with E-state index in [0.717, 1.165) is 17.0 Å². The Morgan fingerprint density at radius 1 is 1.28 bits per heavy atom. The number of nitrogens with zero attached hydrogens (tertiary/aromatic N) is 1. The maximum Gasteiger partial charge on any atom is 0.573 e. The Kier molecular flexibility index (Phi) is 4.91. The lowest BCUT2D eigenvalue weighted by atomic mass is 9.99. The SMILES string of the molecule is CC[C@@]1(C)NC(=O)N(CC(=O)Nc2ccc(OC(F)(F)F)cc2)C1=O. The van der Waals surface area contributed by atoms with Gasteiger partial charge in [0.1, 0.15) is 17.8 Å². The van der Waals surface area contributed by atoms with Crippen LogP contribution < -0.4 is 15.4 Å². The van der Waals surface area contributed by atoms with Crippen LogP contribution in [0.25, 0.3) is 0 Å². The molecule has 1 aromatic rings. The average molecular weight is 359 g/mol. The molecule has 136 valence electrons. The number of urea groups is 1. The molecule has 1 atom stereocenters. The van der Waals surface area contributed by atoms with Crippen LogP contribution in [-0.4, -0.2) is 41.2 Å². The van der Waals surface area contributed by atoms with Gasteiger partial charge in [0, 0.05) is 5.69 Å². The number of benzene rings is 1. The van der Waals surface area contributed by atoms with E-state index in [2.05, 4.69) is 15.4 Å². The molecule has 10 heteroatoms. The van der Waals surface area contributed by atoms with Crippen molar-refractivity contribution >= 4 is 23.5 Å². The highest BCUT2D eigenvalue weighted by molar-refractivity contribution is 6.09. The van der Waals surface area contributed by atoms with Gasteiger partial charge >= 0.3 is 12.4 Å². The van der Waals surface area contributed by atoms with Crippen LogP contribution in [0.2, 0.25) is 0 Å². The molecule has 1 aromatic carbocycles. The van der Waals surface area contributed by atoms with Gasteiger partial charge < -0.3 is 15.4 Å². The Balaban J connectivity index is 1.97. The molecule has 25 heavy (non-hydrogen) atoms. The molecule has 0 spiro atoms. The highest BCUT2D eigenvalue weighted by Gasteiger charge is 2.46. The maximum absolute atomic E-state index is 12.2. The highest BCUT2D eigenvalue weighted by Crippen LogP contribution is 2.24. The second kappa shape index (κ2) is 6.61. The van der Waals surface area contributed by atoms with Crippen molar-refractivity contribution in [1.29, 1.82) is 0 Å². The predicted octanol–water partition coefficient (Wildman–Crippen LogP) is 2.24. The molecule has 1 saturated heterocycles. The largest absolute Gasteiger partial charge is 0.573 e. The van der Waals surface area contributed by atoms with Crippen LogP contribution >= 0.6 is 0 Å². The minimum Gasteiger partial charge on any atom is -0.406 e. The van der Waals surface area contributed by atoms with Gasteiger partial charge in [-0.15, -0.1) is 13.2 Å². The standard InChI is InChI=1S/C15H16F3N3O4/c1-3-14(2)12(23)21(13(24)20-14)8-11(22)19-9-4-6-10(7-5-9)25-15(16,17)18/h4-7H,3,8H2,1-2H3,(H,19,22)(H,20,24)/t14-/m1/s1. The van der Waals surface area contributed by atoms with Crippen molar-refractivity contribution in [1.82, 2.24) is 10.2 Å². The number of amides is 4. The number of imide groups is 1. The zero-order valence-corrected chi connectivity index (χ0v) is 13.4. The van der Waals surface area contributed by atoms with Gasteiger partial charge in [-0.2, -0.15) is 0 Å². The Labute approximate surface area is 141 Å². The monoisotopic (exact) mass is 359 g/mol. The molecule has 0 bridgehead atoms. The molecule has 2 rings (SSSR count). The van der Waals surface area contributed by atoms with Crippen LogP contribution in [0.1, 0.15) is 20.3 Å². The van der Waals surface area contributed by atoms with Crippen molar-refractivity contribution in [2.75, 3.05) is 11.9 Å². The van der Waals surface area contributed by atoms with E-state index in [4.69, 9.17) is 0 Å². The third kappa shape index (κ3) is 4.40. The molecule has 1 aliphatic rings. The first-order valence-corrected chi connectivity index (χ1v) is 7.34. The number of rotatable bonds is 5. The molecule has 0 aliphatic carbocycles. The van der Waals surface area contributed by atoms with Crippen molar-refractivity contribution in [3.8, 4) is 5.75 Å². The number of carbonyl (C=O) groups is 3. The Morgan fingerprint density at radius 3 is 2.36 bits per heavy atom. The van der Waals surface area contributed by atoms with Crippen LogP contribution in [-0.2, 0) is 9.59 Å². The smallest absolute Gasteiger partial charge is 0.406 e. The molecule has 7 nitrogen and oxygen atoms in total. The summed E-state index contributed by atoms with van der Waals surface area (Å²) in [6, 6.07) is 3.82. The van der Waals surface area contributed by atoms with Gasteiger partial charge in [-0.1, -0.05) is 6.92 Å². The molecule has 0 saturated carbocycles. The van der Waals surface area contributed by atoms with Gasteiger partial charge in [0.05, 0.1) is 0 Å². The molecule has 1 fully saturated rings. The minimum absolute atomic E-state index is 0.199.